The molecule has 0 aliphatic rings. The molecule has 1 rings (SSSR count). The molecule has 23 heavy (non-hydrogen) atoms. The summed E-state index contributed by atoms with van der Waals surface area (Å²) in [6.07, 6.45) is 6.29. The molecule has 0 aromatic carbocycles. The highest BCUT2D eigenvalue weighted by Crippen LogP contribution is 2.15. The van der Waals surface area contributed by atoms with Gasteiger partial charge in [-0.3, -0.25) is 4.79 Å². The first kappa shape index (κ1) is 25.9. The van der Waals surface area contributed by atoms with Crippen molar-refractivity contribution in [3.8, 4) is 11.8 Å². The van der Waals surface area contributed by atoms with Gasteiger partial charge in [0.05, 0.1) is 6.04 Å². The van der Waals surface area contributed by atoms with Crippen molar-refractivity contribution in [2.75, 3.05) is 0 Å². The highest BCUT2D eigenvalue weighted by atomic mass is 16.1. The zero-order chi connectivity index (χ0) is 18.8. The van der Waals surface area contributed by atoms with Crippen molar-refractivity contribution in [1.29, 1.82) is 0 Å². The minimum Gasteiger partial charge on any atom is -0.368 e. The second-order valence-electron chi connectivity index (χ2n) is 4.07. The van der Waals surface area contributed by atoms with Crippen LogP contribution in [0.3, 0.4) is 0 Å². The summed E-state index contributed by atoms with van der Waals surface area (Å²) in [4.78, 5) is 13.9. The van der Waals surface area contributed by atoms with E-state index in [1.807, 2.05) is 73.7 Å². The van der Waals surface area contributed by atoms with Crippen LogP contribution in [0.4, 0.5) is 0 Å². The zero-order valence-electron chi connectivity index (χ0n) is 16.1. The number of nitrogens with two attached hydrogens (primary N) is 2. The van der Waals surface area contributed by atoms with E-state index in [0.29, 0.717) is 6.42 Å². The third kappa shape index (κ3) is 12.3. The average Bonchev–Trinajstić information content (AvgIpc) is 2.92. The number of nitrogens with one attached hydrogen (secondary N) is 1. The first-order valence-electron chi connectivity index (χ1n) is 8.15. The molecule has 132 valence electrons. The fraction of sp³-hybridized carbons (Fsp3) is 0.526. The van der Waals surface area contributed by atoms with E-state index in [9.17, 15) is 4.79 Å². The average molecular weight is 322 g/mol. The summed E-state index contributed by atoms with van der Waals surface area (Å²) in [6, 6.07) is -0.613. The third-order valence-corrected chi connectivity index (χ3v) is 2.68. The Morgan fingerprint density at radius 3 is 2.09 bits per heavy atom. The fourth-order valence-electron chi connectivity index (χ4n) is 1.44. The van der Waals surface area contributed by atoms with Crippen molar-refractivity contribution in [2.45, 2.75) is 67.9 Å². The summed E-state index contributed by atoms with van der Waals surface area (Å²) < 4.78 is 0. The summed E-state index contributed by atoms with van der Waals surface area (Å²) in [5.41, 5.74) is 13.9. The Labute approximate surface area is 142 Å². The highest BCUT2D eigenvalue weighted by Gasteiger charge is 2.13. The SMILES string of the molecule is C/C=C\c1[nH]cc(CC(N)C(N)=O)c1C.CC.CC.CC#CC. The molecule has 0 saturated heterocycles. The second-order valence-corrected chi connectivity index (χ2v) is 4.07. The minimum absolute atomic E-state index is 0.469. The van der Waals surface area contributed by atoms with Gasteiger partial charge in [-0.05, 0) is 51.3 Å². The number of amides is 1. The maximum absolute atomic E-state index is 10.8. The van der Waals surface area contributed by atoms with Crippen molar-refractivity contribution < 1.29 is 4.79 Å². The lowest BCUT2D eigenvalue weighted by Gasteiger charge is -2.06. The second kappa shape index (κ2) is 18.1. The Kier molecular flexibility index (Phi) is 20.4. The molecule has 0 spiro atoms. The number of allylic oxidation sites excluding steroid dienone is 1. The first-order chi connectivity index (χ1) is 11.0. The summed E-state index contributed by atoms with van der Waals surface area (Å²) in [6.45, 7) is 15.6. The summed E-state index contributed by atoms with van der Waals surface area (Å²) in [5.74, 6) is 4.89. The standard InChI is InChI=1S/C11H17N3O.C4H6.2C2H6/c1-3-4-10-7(2)8(6-14-10)5-9(12)11(13)15;1-3-4-2;2*1-2/h3-4,6,9,14H,5,12H2,1-2H3,(H2,13,15);1-2H3;2*1-2H3/b4-3-;;;. The maximum atomic E-state index is 10.8. The van der Waals surface area contributed by atoms with Crippen LogP contribution < -0.4 is 11.5 Å². The summed E-state index contributed by atoms with van der Waals surface area (Å²) in [7, 11) is 0. The lowest BCUT2D eigenvalue weighted by atomic mass is 10.0. The van der Waals surface area contributed by atoms with Gasteiger partial charge in [0, 0.05) is 11.9 Å². The predicted octanol–water partition coefficient (Wildman–Crippen LogP) is 3.79. The van der Waals surface area contributed by atoms with Gasteiger partial charge in [-0.15, -0.1) is 11.8 Å². The molecule has 4 nitrogen and oxygen atoms in total. The number of rotatable bonds is 4. The summed E-state index contributed by atoms with van der Waals surface area (Å²) in [5, 5.41) is 0. The van der Waals surface area contributed by atoms with Gasteiger partial charge >= 0.3 is 0 Å². The van der Waals surface area contributed by atoms with Gasteiger partial charge in [0.15, 0.2) is 0 Å². The van der Waals surface area contributed by atoms with E-state index in [1.165, 1.54) is 0 Å². The van der Waals surface area contributed by atoms with Crippen molar-refractivity contribution in [3.05, 3.63) is 29.1 Å². The molecule has 0 saturated carbocycles. The zero-order valence-corrected chi connectivity index (χ0v) is 16.1. The van der Waals surface area contributed by atoms with Crippen LogP contribution >= 0.6 is 0 Å². The van der Waals surface area contributed by atoms with Crippen LogP contribution in [-0.2, 0) is 11.2 Å². The molecule has 0 aliphatic heterocycles. The van der Waals surface area contributed by atoms with Crippen LogP contribution in [0.2, 0.25) is 0 Å². The topological polar surface area (TPSA) is 84.9 Å². The Balaban J connectivity index is -0.000000426. The van der Waals surface area contributed by atoms with E-state index >= 15 is 0 Å². The van der Waals surface area contributed by atoms with Crippen LogP contribution in [0.5, 0.6) is 0 Å². The lowest BCUT2D eigenvalue weighted by molar-refractivity contribution is -0.119. The van der Waals surface area contributed by atoms with E-state index in [-0.39, 0.29) is 0 Å². The van der Waals surface area contributed by atoms with Crippen molar-refractivity contribution >= 4 is 12.0 Å². The number of hydrogen-bond donors (Lipinski definition) is 3. The maximum Gasteiger partial charge on any atom is 0.234 e. The largest absolute Gasteiger partial charge is 0.368 e. The van der Waals surface area contributed by atoms with Gasteiger partial charge in [-0.1, -0.05) is 33.8 Å². The molecular formula is C19H35N3O. The molecule has 5 N–H and O–H groups in total. The monoisotopic (exact) mass is 321 g/mol. The van der Waals surface area contributed by atoms with E-state index in [0.717, 1.165) is 16.8 Å². The number of hydrogen-bond acceptors (Lipinski definition) is 2. The molecule has 1 amide bonds. The van der Waals surface area contributed by atoms with Gasteiger partial charge in [0.2, 0.25) is 5.91 Å². The number of aromatic nitrogens is 1. The highest BCUT2D eigenvalue weighted by molar-refractivity contribution is 5.80. The minimum atomic E-state index is -0.613. The van der Waals surface area contributed by atoms with Crippen molar-refractivity contribution in [3.63, 3.8) is 0 Å². The van der Waals surface area contributed by atoms with Gasteiger partial charge in [0.25, 0.3) is 0 Å². The molecule has 1 unspecified atom stereocenters. The quantitative estimate of drug-likeness (QED) is 0.737. The van der Waals surface area contributed by atoms with Crippen LogP contribution in [0.1, 0.15) is 65.3 Å². The number of H-pyrrole nitrogens is 1. The molecule has 0 radical (unpaired) electrons. The van der Waals surface area contributed by atoms with Gasteiger partial charge < -0.3 is 16.5 Å². The van der Waals surface area contributed by atoms with Gasteiger partial charge in [-0.2, -0.15) is 0 Å². The third-order valence-electron chi connectivity index (χ3n) is 2.68. The molecule has 0 fully saturated rings. The molecular weight excluding hydrogens is 286 g/mol. The number of carbonyl (C=O) groups excluding carboxylic acids is 1. The molecule has 1 aromatic heterocycles. The Hall–Kier alpha value is -1.99. The Morgan fingerprint density at radius 1 is 1.26 bits per heavy atom. The number of aromatic amines is 1. The predicted molar refractivity (Wildman–Crippen MR) is 103 cm³/mol. The van der Waals surface area contributed by atoms with Crippen LogP contribution in [0, 0.1) is 18.8 Å². The number of carbonyl (C=O) groups is 1. The summed E-state index contributed by atoms with van der Waals surface area (Å²) >= 11 is 0. The van der Waals surface area contributed by atoms with Gasteiger partial charge in [0.1, 0.15) is 0 Å². The van der Waals surface area contributed by atoms with E-state index in [4.69, 9.17) is 11.5 Å². The molecule has 0 aliphatic carbocycles. The molecule has 1 heterocycles. The molecule has 1 aromatic rings. The van der Waals surface area contributed by atoms with E-state index < -0.39 is 11.9 Å². The Bertz CT molecular complexity index is 484. The smallest absolute Gasteiger partial charge is 0.234 e. The van der Waals surface area contributed by atoms with Crippen LogP contribution in [0.15, 0.2) is 12.3 Å². The molecule has 0 bridgehead atoms. The fourth-order valence-corrected chi connectivity index (χ4v) is 1.44. The molecule has 1 atom stereocenters. The first-order valence-corrected chi connectivity index (χ1v) is 8.15. The normalized spacial score (nSPS) is 9.78. The molecule has 4 heteroatoms. The lowest BCUT2D eigenvalue weighted by Crippen LogP contribution is -2.38. The van der Waals surface area contributed by atoms with E-state index in [2.05, 4.69) is 16.8 Å². The Morgan fingerprint density at radius 2 is 1.74 bits per heavy atom. The van der Waals surface area contributed by atoms with Crippen molar-refractivity contribution in [2.24, 2.45) is 11.5 Å². The van der Waals surface area contributed by atoms with Crippen molar-refractivity contribution in [1.82, 2.24) is 4.98 Å². The van der Waals surface area contributed by atoms with Crippen LogP contribution in [0.25, 0.3) is 6.08 Å². The van der Waals surface area contributed by atoms with Gasteiger partial charge in [-0.25, -0.2) is 0 Å². The van der Waals surface area contributed by atoms with Crippen LogP contribution in [-0.4, -0.2) is 16.9 Å². The number of primary amides is 1. The van der Waals surface area contributed by atoms with E-state index in [1.54, 1.807) is 0 Å².